The number of urea groups is 1. The van der Waals surface area contributed by atoms with Crippen molar-refractivity contribution < 1.29 is 23.8 Å². The van der Waals surface area contributed by atoms with Crippen molar-refractivity contribution >= 4 is 11.9 Å². The maximum atomic E-state index is 13.6. The Balaban J connectivity index is 2.63. The first-order valence-corrected chi connectivity index (χ1v) is 6.12. The first-order valence-electron chi connectivity index (χ1n) is 6.12. The zero-order valence-electron chi connectivity index (χ0n) is 11.3. The fraction of sp³-hybridized carbons (Fsp3) is 0.385. The molecule has 0 aliphatic heterocycles. The van der Waals surface area contributed by atoms with Crippen LogP contribution in [-0.4, -0.2) is 29.7 Å². The van der Waals surface area contributed by atoms with Crippen molar-refractivity contribution in [2.24, 2.45) is 0 Å². The lowest BCUT2D eigenvalue weighted by molar-refractivity contribution is -0.126. The van der Waals surface area contributed by atoms with Gasteiger partial charge in [-0.3, -0.25) is 10.1 Å². The molecule has 1 rings (SSSR count). The lowest BCUT2D eigenvalue weighted by Gasteiger charge is -2.15. The second-order valence-electron chi connectivity index (χ2n) is 4.03. The highest BCUT2D eigenvalue weighted by Gasteiger charge is 2.18. The summed E-state index contributed by atoms with van der Waals surface area (Å²) >= 11 is 0. The summed E-state index contributed by atoms with van der Waals surface area (Å²) in [4.78, 5) is 22.8. The van der Waals surface area contributed by atoms with Gasteiger partial charge in [0, 0.05) is 6.54 Å². The number of aliphatic hydroxyl groups excluding tert-OH is 1. The number of aliphatic hydroxyl groups is 1. The van der Waals surface area contributed by atoms with Gasteiger partial charge in [0.15, 0.2) is 17.7 Å². The predicted molar refractivity (Wildman–Crippen MR) is 69.6 cm³/mol. The smallest absolute Gasteiger partial charge is 0.321 e. The molecule has 0 saturated heterocycles. The summed E-state index contributed by atoms with van der Waals surface area (Å²) in [6, 6.07) is 3.27. The van der Waals surface area contributed by atoms with Crippen LogP contribution in [0.5, 0.6) is 5.75 Å². The third-order valence-electron chi connectivity index (χ3n) is 2.43. The molecule has 0 aliphatic carbocycles. The molecule has 3 N–H and O–H groups in total. The number of rotatable bonds is 5. The second kappa shape index (κ2) is 7.44. The van der Waals surface area contributed by atoms with Gasteiger partial charge < -0.3 is 15.2 Å². The minimum atomic E-state index is -1.04. The Morgan fingerprint density at radius 1 is 1.45 bits per heavy atom. The van der Waals surface area contributed by atoms with Gasteiger partial charge in [0.25, 0.3) is 5.91 Å². The van der Waals surface area contributed by atoms with E-state index in [1.54, 1.807) is 6.92 Å². The van der Waals surface area contributed by atoms with Gasteiger partial charge in [0.05, 0.1) is 6.61 Å². The quantitative estimate of drug-likeness (QED) is 0.750. The van der Waals surface area contributed by atoms with Crippen molar-refractivity contribution in [3.8, 4) is 5.75 Å². The largest absolute Gasteiger partial charge is 0.478 e. The van der Waals surface area contributed by atoms with Crippen LogP contribution in [0.3, 0.4) is 0 Å². The monoisotopic (exact) mass is 284 g/mol. The Hall–Kier alpha value is -2.15. The van der Waals surface area contributed by atoms with Gasteiger partial charge in [0.1, 0.15) is 0 Å². The summed E-state index contributed by atoms with van der Waals surface area (Å²) < 4.78 is 18.7. The lowest BCUT2D eigenvalue weighted by Crippen LogP contribution is -2.45. The van der Waals surface area contributed by atoms with Crippen LogP contribution in [0.15, 0.2) is 18.2 Å². The molecule has 0 aliphatic rings. The third-order valence-corrected chi connectivity index (χ3v) is 2.43. The summed E-state index contributed by atoms with van der Waals surface area (Å²) in [5.74, 6) is -1.49. The molecule has 20 heavy (non-hydrogen) atoms. The topological polar surface area (TPSA) is 87.7 Å². The molecule has 0 fully saturated rings. The third kappa shape index (κ3) is 4.51. The standard InChI is InChI=1S/C13H17FN2O4/c1-3-15-13(19)16-12(18)8(2)20-11-5-4-9(7-17)6-10(11)14/h4-6,8,17H,3,7H2,1-2H3,(H2,15,16,18,19). The number of halogens is 1. The molecule has 1 unspecified atom stereocenters. The second-order valence-corrected chi connectivity index (χ2v) is 4.03. The Kier molecular flexibility index (Phi) is 5.92. The van der Waals surface area contributed by atoms with Crippen LogP contribution in [0.2, 0.25) is 0 Å². The number of hydrogen-bond donors (Lipinski definition) is 3. The number of hydrogen-bond acceptors (Lipinski definition) is 4. The van der Waals surface area contributed by atoms with Gasteiger partial charge in [-0.15, -0.1) is 0 Å². The van der Waals surface area contributed by atoms with E-state index in [1.165, 1.54) is 19.1 Å². The van der Waals surface area contributed by atoms with Crippen molar-refractivity contribution in [3.05, 3.63) is 29.6 Å². The van der Waals surface area contributed by atoms with E-state index in [0.29, 0.717) is 12.1 Å². The average Bonchev–Trinajstić information content (AvgIpc) is 2.41. The van der Waals surface area contributed by atoms with Gasteiger partial charge in [0.2, 0.25) is 0 Å². The molecule has 0 saturated carbocycles. The Morgan fingerprint density at radius 3 is 2.70 bits per heavy atom. The molecule has 0 radical (unpaired) electrons. The minimum Gasteiger partial charge on any atom is -0.478 e. The molecule has 1 aromatic rings. The number of benzene rings is 1. The normalized spacial score (nSPS) is 11.6. The first kappa shape index (κ1) is 15.9. The highest BCUT2D eigenvalue weighted by atomic mass is 19.1. The molecule has 6 nitrogen and oxygen atoms in total. The molecular weight excluding hydrogens is 267 g/mol. The van der Waals surface area contributed by atoms with Gasteiger partial charge in [-0.1, -0.05) is 6.07 Å². The Bertz CT molecular complexity index is 493. The van der Waals surface area contributed by atoms with E-state index in [2.05, 4.69) is 10.6 Å². The summed E-state index contributed by atoms with van der Waals surface area (Å²) in [5.41, 5.74) is 0.397. The van der Waals surface area contributed by atoms with Crippen molar-refractivity contribution in [1.29, 1.82) is 0 Å². The molecule has 7 heteroatoms. The molecule has 1 atom stereocenters. The van der Waals surface area contributed by atoms with E-state index in [1.807, 2.05) is 0 Å². The Labute approximate surface area is 115 Å². The summed E-state index contributed by atoms with van der Waals surface area (Å²) in [7, 11) is 0. The molecular formula is C13H17FN2O4. The van der Waals surface area contributed by atoms with Gasteiger partial charge >= 0.3 is 6.03 Å². The van der Waals surface area contributed by atoms with Crippen LogP contribution in [0.1, 0.15) is 19.4 Å². The number of nitrogens with one attached hydrogen (secondary N) is 2. The van der Waals surface area contributed by atoms with Crippen LogP contribution in [0, 0.1) is 5.82 Å². The summed E-state index contributed by atoms with van der Waals surface area (Å²) in [6.07, 6.45) is -1.04. The van der Waals surface area contributed by atoms with Crippen LogP contribution < -0.4 is 15.4 Å². The Morgan fingerprint density at radius 2 is 2.15 bits per heavy atom. The van der Waals surface area contributed by atoms with E-state index < -0.39 is 23.9 Å². The molecule has 0 aromatic heterocycles. The SMILES string of the molecule is CCNC(=O)NC(=O)C(C)Oc1ccc(CO)cc1F. The maximum Gasteiger partial charge on any atom is 0.321 e. The van der Waals surface area contributed by atoms with Crippen molar-refractivity contribution in [2.75, 3.05) is 6.54 Å². The number of amides is 3. The summed E-state index contributed by atoms with van der Waals surface area (Å²) in [5, 5.41) is 13.3. The van der Waals surface area contributed by atoms with Crippen LogP contribution in [-0.2, 0) is 11.4 Å². The van der Waals surface area contributed by atoms with E-state index >= 15 is 0 Å². The average molecular weight is 284 g/mol. The highest BCUT2D eigenvalue weighted by molar-refractivity contribution is 5.96. The van der Waals surface area contributed by atoms with Crippen LogP contribution >= 0.6 is 0 Å². The van der Waals surface area contributed by atoms with E-state index in [0.717, 1.165) is 6.07 Å². The molecule has 3 amide bonds. The zero-order valence-corrected chi connectivity index (χ0v) is 11.3. The first-order chi connectivity index (χ1) is 9.47. The highest BCUT2D eigenvalue weighted by Crippen LogP contribution is 2.19. The fourth-order valence-corrected chi connectivity index (χ4v) is 1.40. The van der Waals surface area contributed by atoms with Gasteiger partial charge in [-0.2, -0.15) is 0 Å². The zero-order chi connectivity index (χ0) is 15.1. The van der Waals surface area contributed by atoms with E-state index in [9.17, 15) is 14.0 Å². The number of ether oxygens (including phenoxy) is 1. The number of carbonyl (C=O) groups is 2. The fourth-order valence-electron chi connectivity index (χ4n) is 1.40. The van der Waals surface area contributed by atoms with Gasteiger partial charge in [-0.25, -0.2) is 9.18 Å². The van der Waals surface area contributed by atoms with Crippen molar-refractivity contribution in [2.45, 2.75) is 26.6 Å². The van der Waals surface area contributed by atoms with Crippen molar-refractivity contribution in [3.63, 3.8) is 0 Å². The number of imide groups is 1. The van der Waals surface area contributed by atoms with E-state index in [-0.39, 0.29) is 12.4 Å². The van der Waals surface area contributed by atoms with E-state index in [4.69, 9.17) is 9.84 Å². The lowest BCUT2D eigenvalue weighted by atomic mass is 10.2. The molecule has 110 valence electrons. The van der Waals surface area contributed by atoms with Crippen molar-refractivity contribution in [1.82, 2.24) is 10.6 Å². The molecule has 1 aromatic carbocycles. The predicted octanol–water partition coefficient (Wildman–Crippen LogP) is 0.931. The molecule has 0 spiro atoms. The van der Waals surface area contributed by atoms with Crippen LogP contribution in [0.25, 0.3) is 0 Å². The number of carbonyl (C=O) groups excluding carboxylic acids is 2. The molecule has 0 bridgehead atoms. The molecule has 0 heterocycles. The van der Waals surface area contributed by atoms with Gasteiger partial charge in [-0.05, 0) is 31.5 Å². The van der Waals surface area contributed by atoms with Crippen LogP contribution in [0.4, 0.5) is 9.18 Å². The summed E-state index contributed by atoms with van der Waals surface area (Å²) in [6.45, 7) is 3.20. The minimum absolute atomic E-state index is 0.124. The maximum absolute atomic E-state index is 13.6.